The molecule has 1 fully saturated rings. The summed E-state index contributed by atoms with van der Waals surface area (Å²) in [4.78, 5) is 11.5. The lowest BCUT2D eigenvalue weighted by molar-refractivity contribution is -0.230. The van der Waals surface area contributed by atoms with Crippen LogP contribution in [0, 0.1) is 0 Å². The van der Waals surface area contributed by atoms with Crippen LogP contribution in [0.3, 0.4) is 0 Å². The molecule has 0 bridgehead atoms. The van der Waals surface area contributed by atoms with E-state index < -0.39 is 11.2 Å². The standard InChI is InChI=1S/C9H16O2/c1-5-9(6-2)7(10)8(3,4)11-9/h5-6H2,1-4H3. The number of hydrogen-bond acceptors (Lipinski definition) is 2. The lowest BCUT2D eigenvalue weighted by atomic mass is 9.76. The van der Waals surface area contributed by atoms with Crippen LogP contribution in [0.15, 0.2) is 0 Å². The SMILES string of the molecule is CCC1(CC)OC(C)(C)C1=O. The Labute approximate surface area is 67.9 Å². The highest BCUT2D eigenvalue weighted by Crippen LogP contribution is 2.41. The highest BCUT2D eigenvalue weighted by atomic mass is 16.6. The number of rotatable bonds is 2. The molecule has 1 heterocycles. The van der Waals surface area contributed by atoms with Gasteiger partial charge in [0.1, 0.15) is 11.2 Å². The number of carbonyl (C=O) groups is 1. The van der Waals surface area contributed by atoms with Gasteiger partial charge in [-0.05, 0) is 26.7 Å². The van der Waals surface area contributed by atoms with Gasteiger partial charge in [0.2, 0.25) is 0 Å². The van der Waals surface area contributed by atoms with E-state index in [-0.39, 0.29) is 5.78 Å². The molecular weight excluding hydrogens is 140 g/mol. The summed E-state index contributed by atoms with van der Waals surface area (Å²) in [6.07, 6.45) is 1.59. The molecule has 1 rings (SSSR count). The van der Waals surface area contributed by atoms with Gasteiger partial charge >= 0.3 is 0 Å². The molecule has 0 unspecified atom stereocenters. The van der Waals surface area contributed by atoms with Gasteiger partial charge in [-0.25, -0.2) is 0 Å². The first-order valence-electron chi connectivity index (χ1n) is 4.23. The predicted molar refractivity (Wildman–Crippen MR) is 43.5 cm³/mol. The summed E-state index contributed by atoms with van der Waals surface area (Å²) in [5.74, 6) is 0.259. The van der Waals surface area contributed by atoms with Gasteiger partial charge in [-0.3, -0.25) is 4.79 Å². The Hall–Kier alpha value is -0.370. The molecule has 0 N–H and O–H groups in total. The van der Waals surface area contributed by atoms with Gasteiger partial charge in [0.15, 0.2) is 5.78 Å². The summed E-state index contributed by atoms with van der Waals surface area (Å²) in [5, 5.41) is 0. The van der Waals surface area contributed by atoms with E-state index in [0.717, 1.165) is 12.8 Å². The van der Waals surface area contributed by atoms with E-state index in [1.165, 1.54) is 0 Å². The zero-order chi connectivity index (χ0) is 8.70. The molecule has 0 aromatic carbocycles. The molecule has 11 heavy (non-hydrogen) atoms. The Morgan fingerprint density at radius 2 is 1.73 bits per heavy atom. The second-order valence-corrected chi connectivity index (χ2v) is 3.64. The van der Waals surface area contributed by atoms with Crippen LogP contribution in [0.25, 0.3) is 0 Å². The fourth-order valence-corrected chi connectivity index (χ4v) is 1.80. The third-order valence-electron chi connectivity index (χ3n) is 2.55. The Balaban J connectivity index is 2.75. The molecule has 0 atom stereocenters. The molecule has 0 spiro atoms. The molecule has 0 aliphatic carbocycles. The summed E-state index contributed by atoms with van der Waals surface area (Å²) in [6, 6.07) is 0. The molecule has 0 saturated carbocycles. The normalized spacial score (nSPS) is 26.4. The van der Waals surface area contributed by atoms with Crippen LogP contribution in [-0.4, -0.2) is 17.0 Å². The van der Waals surface area contributed by atoms with E-state index >= 15 is 0 Å². The Morgan fingerprint density at radius 3 is 1.82 bits per heavy atom. The highest BCUT2D eigenvalue weighted by molar-refractivity contribution is 5.98. The van der Waals surface area contributed by atoms with Crippen LogP contribution in [0.2, 0.25) is 0 Å². The van der Waals surface area contributed by atoms with E-state index in [9.17, 15) is 4.79 Å². The Morgan fingerprint density at radius 1 is 1.27 bits per heavy atom. The summed E-state index contributed by atoms with van der Waals surface area (Å²) < 4.78 is 5.58. The van der Waals surface area contributed by atoms with Gasteiger partial charge in [0, 0.05) is 0 Å². The molecule has 1 saturated heterocycles. The molecule has 1 aliphatic heterocycles. The van der Waals surface area contributed by atoms with Crippen LogP contribution in [0.4, 0.5) is 0 Å². The minimum atomic E-state index is -0.522. The fraction of sp³-hybridized carbons (Fsp3) is 0.889. The summed E-state index contributed by atoms with van der Waals surface area (Å²) >= 11 is 0. The quantitative estimate of drug-likeness (QED) is 0.610. The summed E-state index contributed by atoms with van der Waals surface area (Å²) in [6.45, 7) is 7.66. The third-order valence-corrected chi connectivity index (χ3v) is 2.55. The molecule has 2 nitrogen and oxygen atoms in total. The van der Waals surface area contributed by atoms with Crippen molar-refractivity contribution in [1.82, 2.24) is 0 Å². The second kappa shape index (κ2) is 2.31. The van der Waals surface area contributed by atoms with E-state index in [2.05, 4.69) is 0 Å². The van der Waals surface area contributed by atoms with Crippen LogP contribution in [-0.2, 0) is 9.53 Å². The Kier molecular flexibility index (Phi) is 1.83. The lowest BCUT2D eigenvalue weighted by Gasteiger charge is -2.50. The zero-order valence-electron chi connectivity index (χ0n) is 7.73. The molecule has 0 aromatic rings. The van der Waals surface area contributed by atoms with Crippen LogP contribution >= 0.6 is 0 Å². The number of ether oxygens (including phenoxy) is 1. The molecule has 0 radical (unpaired) electrons. The summed E-state index contributed by atoms with van der Waals surface area (Å²) in [7, 11) is 0. The van der Waals surface area contributed by atoms with Crippen molar-refractivity contribution in [1.29, 1.82) is 0 Å². The number of carbonyl (C=O) groups excluding carboxylic acids is 1. The van der Waals surface area contributed by atoms with Gasteiger partial charge in [0.25, 0.3) is 0 Å². The average molecular weight is 156 g/mol. The molecule has 1 aliphatic rings. The van der Waals surface area contributed by atoms with Crippen molar-refractivity contribution < 1.29 is 9.53 Å². The van der Waals surface area contributed by atoms with Crippen molar-refractivity contribution >= 4 is 5.78 Å². The third kappa shape index (κ3) is 1.00. The monoisotopic (exact) mass is 156 g/mol. The first-order chi connectivity index (χ1) is 4.98. The maximum atomic E-state index is 11.5. The minimum Gasteiger partial charge on any atom is -0.353 e. The first kappa shape index (κ1) is 8.72. The maximum Gasteiger partial charge on any atom is 0.195 e. The molecule has 0 aromatic heterocycles. The first-order valence-corrected chi connectivity index (χ1v) is 4.23. The summed E-state index contributed by atoms with van der Waals surface area (Å²) in [5.41, 5.74) is -0.963. The topological polar surface area (TPSA) is 26.3 Å². The lowest BCUT2D eigenvalue weighted by Crippen LogP contribution is -2.66. The Bertz CT molecular complexity index is 178. The van der Waals surface area contributed by atoms with Gasteiger partial charge in [-0.1, -0.05) is 13.8 Å². The highest BCUT2D eigenvalue weighted by Gasteiger charge is 2.57. The van der Waals surface area contributed by atoms with E-state index in [0.29, 0.717) is 0 Å². The van der Waals surface area contributed by atoms with Crippen LogP contribution in [0.1, 0.15) is 40.5 Å². The van der Waals surface area contributed by atoms with Crippen LogP contribution < -0.4 is 0 Å². The molecule has 0 amide bonds. The van der Waals surface area contributed by atoms with Gasteiger partial charge in [-0.15, -0.1) is 0 Å². The van der Waals surface area contributed by atoms with Crippen molar-refractivity contribution in [3.05, 3.63) is 0 Å². The van der Waals surface area contributed by atoms with E-state index in [1.807, 2.05) is 27.7 Å². The molecule has 64 valence electrons. The minimum absolute atomic E-state index is 0.259. The largest absolute Gasteiger partial charge is 0.353 e. The number of ketones is 1. The van der Waals surface area contributed by atoms with Gasteiger partial charge in [0.05, 0.1) is 0 Å². The molecular formula is C9H16O2. The van der Waals surface area contributed by atoms with Gasteiger partial charge in [-0.2, -0.15) is 0 Å². The maximum absolute atomic E-state index is 11.5. The predicted octanol–water partition coefficient (Wildman–Crippen LogP) is 1.92. The van der Waals surface area contributed by atoms with Crippen molar-refractivity contribution in [3.63, 3.8) is 0 Å². The van der Waals surface area contributed by atoms with Crippen molar-refractivity contribution in [3.8, 4) is 0 Å². The van der Waals surface area contributed by atoms with Gasteiger partial charge < -0.3 is 4.74 Å². The van der Waals surface area contributed by atoms with Crippen molar-refractivity contribution in [2.24, 2.45) is 0 Å². The van der Waals surface area contributed by atoms with E-state index in [1.54, 1.807) is 0 Å². The number of Topliss-reactive ketones (excluding diaryl/α,β-unsaturated/α-hetero) is 1. The average Bonchev–Trinajstić information content (AvgIpc) is 1.99. The smallest absolute Gasteiger partial charge is 0.195 e. The number of hydrogen-bond donors (Lipinski definition) is 0. The van der Waals surface area contributed by atoms with Crippen molar-refractivity contribution in [2.75, 3.05) is 0 Å². The molecule has 2 heteroatoms. The fourth-order valence-electron chi connectivity index (χ4n) is 1.80. The van der Waals surface area contributed by atoms with Crippen molar-refractivity contribution in [2.45, 2.75) is 51.7 Å². The second-order valence-electron chi connectivity index (χ2n) is 3.64. The van der Waals surface area contributed by atoms with Crippen LogP contribution in [0.5, 0.6) is 0 Å². The zero-order valence-corrected chi connectivity index (χ0v) is 7.73. The van der Waals surface area contributed by atoms with E-state index in [4.69, 9.17) is 4.74 Å².